The van der Waals surface area contributed by atoms with Gasteiger partial charge in [-0.25, -0.2) is 8.78 Å². The topological polar surface area (TPSA) is 23.5 Å². The van der Waals surface area contributed by atoms with Gasteiger partial charge >= 0.3 is 0 Å². The van der Waals surface area contributed by atoms with Crippen molar-refractivity contribution in [2.24, 2.45) is 5.41 Å². The van der Waals surface area contributed by atoms with Crippen LogP contribution in [0.25, 0.3) is 0 Å². The molecular weight excluding hydrogens is 308 g/mol. The molecule has 3 rings (SSSR count). The van der Waals surface area contributed by atoms with E-state index < -0.39 is 11.6 Å². The summed E-state index contributed by atoms with van der Waals surface area (Å²) in [6.45, 7) is 2.59. The molecule has 1 aliphatic rings. The zero-order valence-electron chi connectivity index (χ0n) is 13.7. The average molecular weight is 331 g/mol. The minimum Gasteiger partial charge on any atom is -0.396 e. The summed E-state index contributed by atoms with van der Waals surface area (Å²) in [5, 5.41) is 9.90. The summed E-state index contributed by atoms with van der Waals surface area (Å²) < 4.78 is 27.4. The van der Waals surface area contributed by atoms with Gasteiger partial charge in [-0.05, 0) is 49.5 Å². The van der Waals surface area contributed by atoms with E-state index in [4.69, 9.17) is 0 Å². The van der Waals surface area contributed by atoms with Crippen LogP contribution in [0.3, 0.4) is 0 Å². The zero-order valence-corrected chi connectivity index (χ0v) is 13.7. The van der Waals surface area contributed by atoms with E-state index in [2.05, 4.69) is 17.0 Å². The number of hydrogen-bond acceptors (Lipinski definition) is 2. The Labute approximate surface area is 141 Å². The van der Waals surface area contributed by atoms with E-state index in [0.717, 1.165) is 38.5 Å². The average Bonchev–Trinajstić information content (AvgIpc) is 2.62. The maximum atomic E-state index is 14.0. The van der Waals surface area contributed by atoms with Gasteiger partial charge in [0, 0.05) is 18.6 Å². The van der Waals surface area contributed by atoms with Gasteiger partial charge in [0.25, 0.3) is 0 Å². The van der Waals surface area contributed by atoms with Crippen molar-refractivity contribution in [3.05, 3.63) is 71.3 Å². The molecular formula is C20H23F2NO. The molecule has 0 saturated carbocycles. The second-order valence-corrected chi connectivity index (χ2v) is 6.81. The number of rotatable bonds is 5. The number of hydrogen-bond donors (Lipinski definition) is 1. The Morgan fingerprint density at radius 3 is 2.33 bits per heavy atom. The van der Waals surface area contributed by atoms with Crippen LogP contribution in [0, 0.1) is 17.0 Å². The van der Waals surface area contributed by atoms with Crippen molar-refractivity contribution in [2.75, 3.05) is 19.7 Å². The fourth-order valence-corrected chi connectivity index (χ4v) is 3.51. The highest BCUT2D eigenvalue weighted by Gasteiger charge is 2.35. The van der Waals surface area contributed by atoms with Crippen LogP contribution in [-0.2, 0) is 13.0 Å². The monoisotopic (exact) mass is 331 g/mol. The second-order valence-electron chi connectivity index (χ2n) is 6.81. The van der Waals surface area contributed by atoms with Crippen LogP contribution < -0.4 is 0 Å². The van der Waals surface area contributed by atoms with Gasteiger partial charge < -0.3 is 5.11 Å². The molecule has 1 N–H and O–H groups in total. The molecule has 2 aromatic carbocycles. The number of piperidine rings is 1. The number of likely N-dealkylation sites (tertiary alicyclic amines) is 1. The Bertz CT molecular complexity index is 667. The van der Waals surface area contributed by atoms with Crippen molar-refractivity contribution in [1.82, 2.24) is 4.90 Å². The molecule has 0 atom stereocenters. The highest BCUT2D eigenvalue weighted by atomic mass is 19.2. The lowest BCUT2D eigenvalue weighted by Gasteiger charge is -2.41. The van der Waals surface area contributed by atoms with Crippen molar-refractivity contribution in [3.63, 3.8) is 0 Å². The molecule has 0 aromatic heterocycles. The molecule has 4 heteroatoms. The van der Waals surface area contributed by atoms with Crippen LogP contribution in [0.5, 0.6) is 0 Å². The van der Waals surface area contributed by atoms with Gasteiger partial charge in [-0.3, -0.25) is 4.90 Å². The van der Waals surface area contributed by atoms with E-state index in [0.29, 0.717) is 12.0 Å². The van der Waals surface area contributed by atoms with Crippen LogP contribution in [0.1, 0.15) is 24.0 Å². The Kier molecular flexibility index (Phi) is 5.27. The first kappa shape index (κ1) is 17.1. The van der Waals surface area contributed by atoms with Crippen molar-refractivity contribution in [2.45, 2.75) is 25.8 Å². The molecule has 128 valence electrons. The van der Waals surface area contributed by atoms with Gasteiger partial charge in [-0.1, -0.05) is 42.5 Å². The molecule has 1 saturated heterocycles. The van der Waals surface area contributed by atoms with Gasteiger partial charge in [0.1, 0.15) is 0 Å². The minimum atomic E-state index is -0.817. The third-order valence-corrected chi connectivity index (χ3v) is 5.10. The molecule has 24 heavy (non-hydrogen) atoms. The number of halogens is 2. The summed E-state index contributed by atoms with van der Waals surface area (Å²) in [6.07, 6.45) is 1.95. The van der Waals surface area contributed by atoms with E-state index in [1.165, 1.54) is 11.6 Å². The zero-order chi connectivity index (χ0) is 17.0. The molecule has 0 aliphatic carbocycles. The summed E-state index contributed by atoms with van der Waals surface area (Å²) >= 11 is 0. The lowest BCUT2D eigenvalue weighted by molar-refractivity contribution is 0.0406. The lowest BCUT2D eigenvalue weighted by Crippen LogP contribution is -2.43. The Balaban J connectivity index is 1.64. The summed E-state index contributed by atoms with van der Waals surface area (Å²) in [4.78, 5) is 2.35. The maximum absolute atomic E-state index is 14.0. The molecule has 2 aromatic rings. The van der Waals surface area contributed by atoms with Crippen LogP contribution in [0.4, 0.5) is 8.78 Å². The van der Waals surface area contributed by atoms with Crippen LogP contribution in [-0.4, -0.2) is 29.7 Å². The highest BCUT2D eigenvalue weighted by Crippen LogP contribution is 2.36. The van der Waals surface area contributed by atoms with Crippen LogP contribution >= 0.6 is 0 Å². The normalized spacial score (nSPS) is 17.8. The van der Waals surface area contributed by atoms with Gasteiger partial charge in [0.05, 0.1) is 0 Å². The fourth-order valence-electron chi connectivity index (χ4n) is 3.51. The molecule has 0 unspecified atom stereocenters. The van der Waals surface area contributed by atoms with E-state index >= 15 is 0 Å². The lowest BCUT2D eigenvalue weighted by atomic mass is 9.74. The maximum Gasteiger partial charge on any atom is 0.162 e. The molecule has 0 amide bonds. The fraction of sp³-hybridized carbons (Fsp3) is 0.400. The smallest absolute Gasteiger partial charge is 0.162 e. The Morgan fingerprint density at radius 2 is 1.67 bits per heavy atom. The number of benzene rings is 2. The van der Waals surface area contributed by atoms with Crippen molar-refractivity contribution in [1.29, 1.82) is 0 Å². The largest absolute Gasteiger partial charge is 0.396 e. The van der Waals surface area contributed by atoms with Gasteiger partial charge in [-0.2, -0.15) is 0 Å². The molecule has 0 bridgehead atoms. The third kappa shape index (κ3) is 3.82. The van der Waals surface area contributed by atoms with Gasteiger partial charge in [0.2, 0.25) is 0 Å². The number of aliphatic hydroxyl groups excluding tert-OH is 1. The standard InChI is InChI=1S/C20H23F2NO/c21-18-8-4-7-17(19(18)22)13-20(15-24)9-11-23(12-10-20)14-16-5-2-1-3-6-16/h1-8,24H,9-15H2. The summed E-state index contributed by atoms with van der Waals surface area (Å²) in [7, 11) is 0. The number of aliphatic hydroxyl groups is 1. The molecule has 1 aliphatic heterocycles. The van der Waals surface area contributed by atoms with Gasteiger partial charge in [0.15, 0.2) is 11.6 Å². The predicted octanol–water partition coefficient (Wildman–Crippen LogP) is 3.78. The molecule has 2 nitrogen and oxygen atoms in total. The van der Waals surface area contributed by atoms with Crippen molar-refractivity contribution >= 4 is 0 Å². The second kappa shape index (κ2) is 7.41. The van der Waals surface area contributed by atoms with Crippen molar-refractivity contribution in [3.8, 4) is 0 Å². The number of nitrogens with zero attached hydrogens (tertiary/aromatic N) is 1. The van der Waals surface area contributed by atoms with Gasteiger partial charge in [-0.15, -0.1) is 0 Å². The summed E-state index contributed by atoms with van der Waals surface area (Å²) in [5.74, 6) is -1.60. The van der Waals surface area contributed by atoms with E-state index in [-0.39, 0.29) is 12.0 Å². The first-order valence-electron chi connectivity index (χ1n) is 8.42. The summed E-state index contributed by atoms with van der Waals surface area (Å²) in [6, 6.07) is 14.6. The first-order chi connectivity index (χ1) is 11.6. The van der Waals surface area contributed by atoms with Crippen LogP contribution in [0.15, 0.2) is 48.5 Å². The predicted molar refractivity (Wildman–Crippen MR) is 90.5 cm³/mol. The third-order valence-electron chi connectivity index (χ3n) is 5.10. The molecule has 1 fully saturated rings. The SMILES string of the molecule is OCC1(Cc2cccc(F)c2F)CCN(Cc2ccccc2)CC1. The summed E-state index contributed by atoms with van der Waals surface area (Å²) in [5.41, 5.74) is 1.27. The Morgan fingerprint density at radius 1 is 0.958 bits per heavy atom. The quantitative estimate of drug-likeness (QED) is 0.901. The molecule has 1 heterocycles. The Hall–Kier alpha value is -1.78. The van der Waals surface area contributed by atoms with Crippen LogP contribution in [0.2, 0.25) is 0 Å². The van der Waals surface area contributed by atoms with E-state index in [1.54, 1.807) is 6.07 Å². The highest BCUT2D eigenvalue weighted by molar-refractivity contribution is 5.21. The minimum absolute atomic E-state index is 0.00211. The first-order valence-corrected chi connectivity index (χ1v) is 8.42. The van der Waals surface area contributed by atoms with Crippen molar-refractivity contribution < 1.29 is 13.9 Å². The van der Waals surface area contributed by atoms with E-state index in [9.17, 15) is 13.9 Å². The molecule has 0 spiro atoms. The molecule has 0 radical (unpaired) electrons. The van der Waals surface area contributed by atoms with E-state index in [1.807, 2.05) is 18.2 Å².